The van der Waals surface area contributed by atoms with Crippen LogP contribution in [0.4, 0.5) is 8.78 Å². The summed E-state index contributed by atoms with van der Waals surface area (Å²) in [6.07, 6.45) is -0.191. The van der Waals surface area contributed by atoms with Crippen LogP contribution in [-0.4, -0.2) is 38.7 Å². The van der Waals surface area contributed by atoms with E-state index in [0.717, 1.165) is 6.39 Å². The number of esters is 1. The summed E-state index contributed by atoms with van der Waals surface area (Å²) in [7, 11) is 0. The minimum absolute atomic E-state index is 0.00349. The standard InChI is InChI=1S/C13H10F2N4O4/c1-2-21-12(20)13(14,15)23-9-4-3-8(19-17-5-6-18-19)11-10(9)16-7-22-11/h3-7H,2H2,1H3. The molecule has 3 aromatic rings. The van der Waals surface area contributed by atoms with Gasteiger partial charge in [0.25, 0.3) is 0 Å². The number of oxazole rings is 1. The molecule has 0 unspecified atom stereocenters. The second-order valence-electron chi connectivity index (χ2n) is 4.27. The Morgan fingerprint density at radius 2 is 2.09 bits per heavy atom. The number of halogens is 2. The molecule has 0 spiro atoms. The average molecular weight is 324 g/mol. The van der Waals surface area contributed by atoms with Gasteiger partial charge in [-0.3, -0.25) is 0 Å². The Bertz CT molecular complexity index is 832. The summed E-state index contributed by atoms with van der Waals surface area (Å²) in [5.74, 6) is -2.11. The Morgan fingerprint density at radius 3 is 2.78 bits per heavy atom. The Kier molecular flexibility index (Phi) is 3.64. The number of aromatic nitrogens is 4. The molecule has 23 heavy (non-hydrogen) atoms. The number of ether oxygens (including phenoxy) is 2. The van der Waals surface area contributed by atoms with E-state index in [2.05, 4.69) is 24.7 Å². The average Bonchev–Trinajstić information content (AvgIpc) is 3.19. The minimum Gasteiger partial charge on any atom is -0.459 e. The molecule has 3 rings (SSSR count). The predicted octanol–water partition coefficient (Wildman–Crippen LogP) is 1.94. The SMILES string of the molecule is CCOC(=O)C(F)(F)Oc1ccc(-n2nccn2)c2ocnc12. The van der Waals surface area contributed by atoms with Crippen LogP contribution in [0.2, 0.25) is 0 Å². The Labute approximate surface area is 127 Å². The number of hydrogen-bond donors (Lipinski definition) is 0. The molecule has 120 valence electrons. The second kappa shape index (κ2) is 5.63. The molecule has 0 amide bonds. The van der Waals surface area contributed by atoms with Gasteiger partial charge in [0.2, 0.25) is 0 Å². The second-order valence-corrected chi connectivity index (χ2v) is 4.27. The Balaban J connectivity index is 1.99. The smallest absolute Gasteiger partial charge is 0.459 e. The highest BCUT2D eigenvalue weighted by Crippen LogP contribution is 2.32. The van der Waals surface area contributed by atoms with E-state index in [4.69, 9.17) is 4.42 Å². The van der Waals surface area contributed by atoms with Gasteiger partial charge in [-0.15, -0.1) is 4.80 Å². The first-order chi connectivity index (χ1) is 11.0. The highest BCUT2D eigenvalue weighted by Gasteiger charge is 2.44. The van der Waals surface area contributed by atoms with E-state index in [1.165, 1.54) is 36.2 Å². The van der Waals surface area contributed by atoms with Crippen LogP contribution < -0.4 is 4.74 Å². The molecule has 0 fully saturated rings. The molecule has 2 aromatic heterocycles. The molecule has 0 aliphatic heterocycles. The van der Waals surface area contributed by atoms with Crippen molar-refractivity contribution in [3.8, 4) is 11.4 Å². The maximum atomic E-state index is 13.7. The summed E-state index contributed by atoms with van der Waals surface area (Å²) in [6.45, 7) is 1.22. The summed E-state index contributed by atoms with van der Waals surface area (Å²) >= 11 is 0. The topological polar surface area (TPSA) is 92.3 Å². The van der Waals surface area contributed by atoms with Gasteiger partial charge in [-0.2, -0.15) is 19.0 Å². The third kappa shape index (κ3) is 2.70. The summed E-state index contributed by atoms with van der Waals surface area (Å²) in [6, 6.07) is 2.63. The summed E-state index contributed by atoms with van der Waals surface area (Å²) in [5.41, 5.74) is 0.524. The lowest BCUT2D eigenvalue weighted by Gasteiger charge is -2.16. The van der Waals surface area contributed by atoms with Crippen LogP contribution in [0.3, 0.4) is 0 Å². The number of benzene rings is 1. The van der Waals surface area contributed by atoms with Gasteiger partial charge in [0.05, 0.1) is 19.0 Å². The summed E-state index contributed by atoms with van der Waals surface area (Å²) in [5, 5.41) is 7.86. The van der Waals surface area contributed by atoms with Crippen LogP contribution in [0.25, 0.3) is 16.8 Å². The van der Waals surface area contributed by atoms with Gasteiger partial charge in [0.15, 0.2) is 23.2 Å². The molecule has 0 saturated carbocycles. The fourth-order valence-electron chi connectivity index (χ4n) is 1.89. The number of carbonyl (C=O) groups is 1. The Hall–Kier alpha value is -3.04. The molecule has 10 heteroatoms. The molecule has 0 aliphatic carbocycles. The number of fused-ring (bicyclic) bond motifs is 1. The molecule has 8 nitrogen and oxygen atoms in total. The van der Waals surface area contributed by atoms with Crippen LogP contribution in [0, 0.1) is 0 Å². The summed E-state index contributed by atoms with van der Waals surface area (Å²) < 4.78 is 41.4. The maximum Gasteiger partial charge on any atom is 0.502 e. The lowest BCUT2D eigenvalue weighted by molar-refractivity contribution is -0.216. The largest absolute Gasteiger partial charge is 0.502 e. The first kappa shape index (κ1) is 14.9. The van der Waals surface area contributed by atoms with Crippen molar-refractivity contribution in [2.75, 3.05) is 6.61 Å². The van der Waals surface area contributed by atoms with Crippen molar-refractivity contribution in [2.45, 2.75) is 13.0 Å². The molecule has 0 N–H and O–H groups in total. The maximum absolute atomic E-state index is 13.7. The molecule has 1 aromatic carbocycles. The number of carbonyl (C=O) groups excluding carboxylic acids is 1. The van der Waals surface area contributed by atoms with Crippen LogP contribution in [0.15, 0.2) is 35.3 Å². The van der Waals surface area contributed by atoms with Gasteiger partial charge in [-0.05, 0) is 19.1 Å². The summed E-state index contributed by atoms with van der Waals surface area (Å²) in [4.78, 5) is 16.3. The predicted molar refractivity (Wildman–Crippen MR) is 71.1 cm³/mol. The number of nitrogens with zero attached hydrogens (tertiary/aromatic N) is 4. The van der Waals surface area contributed by atoms with Crippen molar-refractivity contribution in [1.82, 2.24) is 20.0 Å². The molecule has 0 bridgehead atoms. The van der Waals surface area contributed by atoms with Crippen molar-refractivity contribution in [3.05, 3.63) is 30.9 Å². The lowest BCUT2D eigenvalue weighted by Crippen LogP contribution is -2.37. The van der Waals surface area contributed by atoms with Crippen molar-refractivity contribution in [1.29, 1.82) is 0 Å². The fraction of sp³-hybridized carbons (Fsp3) is 0.231. The number of hydrogen-bond acceptors (Lipinski definition) is 7. The van der Waals surface area contributed by atoms with Crippen LogP contribution in [0.5, 0.6) is 5.75 Å². The first-order valence-corrected chi connectivity index (χ1v) is 6.50. The first-order valence-electron chi connectivity index (χ1n) is 6.50. The van der Waals surface area contributed by atoms with E-state index in [9.17, 15) is 13.6 Å². The molecular weight excluding hydrogens is 314 g/mol. The van der Waals surface area contributed by atoms with E-state index in [1.54, 1.807) is 0 Å². The minimum atomic E-state index is -4.15. The normalized spacial score (nSPS) is 11.6. The van der Waals surface area contributed by atoms with E-state index >= 15 is 0 Å². The van der Waals surface area contributed by atoms with E-state index in [1.807, 2.05) is 0 Å². The number of rotatable bonds is 5. The molecule has 2 heterocycles. The molecule has 0 aliphatic rings. The molecule has 0 atom stereocenters. The van der Waals surface area contributed by atoms with Crippen LogP contribution in [0.1, 0.15) is 6.92 Å². The van der Waals surface area contributed by atoms with Crippen molar-refractivity contribution < 1.29 is 27.5 Å². The van der Waals surface area contributed by atoms with Gasteiger partial charge in [0.1, 0.15) is 5.69 Å². The van der Waals surface area contributed by atoms with E-state index in [-0.39, 0.29) is 23.5 Å². The van der Waals surface area contributed by atoms with Gasteiger partial charge in [-0.25, -0.2) is 9.78 Å². The van der Waals surface area contributed by atoms with Crippen LogP contribution >= 0.6 is 0 Å². The Morgan fingerprint density at radius 1 is 1.35 bits per heavy atom. The quantitative estimate of drug-likeness (QED) is 0.662. The van der Waals surface area contributed by atoms with Gasteiger partial charge in [0, 0.05) is 0 Å². The van der Waals surface area contributed by atoms with Crippen molar-refractivity contribution in [3.63, 3.8) is 0 Å². The molecule has 0 radical (unpaired) electrons. The van der Waals surface area contributed by atoms with Gasteiger partial charge in [-0.1, -0.05) is 0 Å². The zero-order chi connectivity index (χ0) is 16.4. The fourth-order valence-corrected chi connectivity index (χ4v) is 1.89. The van der Waals surface area contributed by atoms with Crippen LogP contribution in [-0.2, 0) is 9.53 Å². The van der Waals surface area contributed by atoms with Gasteiger partial charge >= 0.3 is 12.1 Å². The van der Waals surface area contributed by atoms with E-state index in [0.29, 0.717) is 5.69 Å². The zero-order valence-corrected chi connectivity index (χ0v) is 11.8. The van der Waals surface area contributed by atoms with Crippen molar-refractivity contribution in [2.24, 2.45) is 0 Å². The monoisotopic (exact) mass is 324 g/mol. The lowest BCUT2D eigenvalue weighted by atomic mass is 10.2. The highest BCUT2D eigenvalue weighted by atomic mass is 19.3. The third-order valence-electron chi connectivity index (χ3n) is 2.81. The third-order valence-corrected chi connectivity index (χ3v) is 2.81. The zero-order valence-electron chi connectivity index (χ0n) is 11.8. The molecule has 0 saturated heterocycles. The highest BCUT2D eigenvalue weighted by molar-refractivity contribution is 5.87. The van der Waals surface area contributed by atoms with E-state index < -0.39 is 12.1 Å². The van der Waals surface area contributed by atoms with Crippen molar-refractivity contribution >= 4 is 17.1 Å². The number of alkyl halides is 2. The molecular formula is C13H10F2N4O4. The van der Waals surface area contributed by atoms with Gasteiger partial charge < -0.3 is 13.9 Å².